The summed E-state index contributed by atoms with van der Waals surface area (Å²) in [6.07, 6.45) is 0.932. The molecular formula is C10H12BrClN2. The minimum absolute atomic E-state index is 0.260. The fourth-order valence-electron chi connectivity index (χ4n) is 1.12. The molecule has 1 rings (SSSR count). The second kappa shape index (κ2) is 5.37. The molecule has 2 nitrogen and oxygen atoms in total. The second-order valence-electron chi connectivity index (χ2n) is 2.86. The molecule has 1 aromatic rings. The van der Waals surface area contributed by atoms with Crippen LogP contribution >= 0.6 is 27.5 Å². The SMILES string of the molecule is CCc1ccc(Br)cc1N=C(N)CCl. The van der Waals surface area contributed by atoms with Gasteiger partial charge in [0.25, 0.3) is 0 Å². The van der Waals surface area contributed by atoms with Crippen molar-refractivity contribution in [2.75, 3.05) is 5.88 Å². The number of rotatable bonds is 3. The largest absolute Gasteiger partial charge is 0.386 e. The topological polar surface area (TPSA) is 38.4 Å². The Hall–Kier alpha value is -0.540. The standard InChI is InChI=1S/C10H12BrClN2/c1-2-7-3-4-8(11)5-9(7)14-10(13)6-12/h3-5H,2,6H2,1H3,(H2,13,14). The van der Waals surface area contributed by atoms with E-state index in [0.29, 0.717) is 5.84 Å². The Balaban J connectivity index is 3.11. The summed E-state index contributed by atoms with van der Waals surface area (Å²) < 4.78 is 0.996. The molecule has 0 aliphatic carbocycles. The maximum absolute atomic E-state index is 5.58. The predicted molar refractivity (Wildman–Crippen MR) is 65.5 cm³/mol. The molecule has 0 amide bonds. The summed E-state index contributed by atoms with van der Waals surface area (Å²) in [5.74, 6) is 0.704. The number of nitrogens with zero attached hydrogens (tertiary/aromatic N) is 1. The molecule has 4 heteroatoms. The Morgan fingerprint density at radius 2 is 2.29 bits per heavy atom. The van der Waals surface area contributed by atoms with Crippen LogP contribution in [0.4, 0.5) is 5.69 Å². The molecule has 0 bridgehead atoms. The molecule has 0 atom stereocenters. The van der Waals surface area contributed by atoms with Crippen molar-refractivity contribution in [2.24, 2.45) is 10.7 Å². The van der Waals surface area contributed by atoms with Crippen molar-refractivity contribution in [3.8, 4) is 0 Å². The fourth-order valence-corrected chi connectivity index (χ4v) is 1.53. The molecule has 2 N–H and O–H groups in total. The van der Waals surface area contributed by atoms with E-state index >= 15 is 0 Å². The highest BCUT2D eigenvalue weighted by Gasteiger charge is 2.00. The fraction of sp³-hybridized carbons (Fsp3) is 0.300. The van der Waals surface area contributed by atoms with E-state index < -0.39 is 0 Å². The normalized spacial score (nSPS) is 11.8. The van der Waals surface area contributed by atoms with E-state index in [-0.39, 0.29) is 5.88 Å². The number of nitrogens with two attached hydrogens (primary N) is 1. The van der Waals surface area contributed by atoms with Gasteiger partial charge in [0, 0.05) is 4.47 Å². The van der Waals surface area contributed by atoms with Gasteiger partial charge in [0.15, 0.2) is 0 Å². The second-order valence-corrected chi connectivity index (χ2v) is 4.05. The zero-order chi connectivity index (χ0) is 10.6. The lowest BCUT2D eigenvalue weighted by molar-refractivity contribution is 1.13. The van der Waals surface area contributed by atoms with Crippen LogP contribution < -0.4 is 5.73 Å². The molecule has 0 aliphatic rings. The molecule has 0 fully saturated rings. The average molecular weight is 276 g/mol. The Bertz CT molecular complexity index is 350. The number of aliphatic imine (C=N–C) groups is 1. The number of amidine groups is 1. The highest BCUT2D eigenvalue weighted by Crippen LogP contribution is 2.24. The first-order valence-corrected chi connectivity index (χ1v) is 5.67. The maximum Gasteiger partial charge on any atom is 0.115 e. The van der Waals surface area contributed by atoms with Gasteiger partial charge in [-0.25, -0.2) is 4.99 Å². The van der Waals surface area contributed by atoms with Crippen LogP contribution in [0.3, 0.4) is 0 Å². The van der Waals surface area contributed by atoms with Crippen LogP contribution in [0.5, 0.6) is 0 Å². The molecule has 0 spiro atoms. The first kappa shape index (κ1) is 11.5. The van der Waals surface area contributed by atoms with Gasteiger partial charge in [-0.2, -0.15) is 0 Å². The van der Waals surface area contributed by atoms with Crippen LogP contribution in [0.25, 0.3) is 0 Å². The molecule has 1 aromatic carbocycles. The summed E-state index contributed by atoms with van der Waals surface area (Å²) in [7, 11) is 0. The van der Waals surface area contributed by atoms with E-state index in [0.717, 1.165) is 16.6 Å². The van der Waals surface area contributed by atoms with Gasteiger partial charge in [-0.15, -0.1) is 11.6 Å². The summed E-state index contributed by atoms with van der Waals surface area (Å²) in [5, 5.41) is 0. The third-order valence-corrected chi connectivity index (χ3v) is 2.60. The molecule has 0 radical (unpaired) electrons. The smallest absolute Gasteiger partial charge is 0.115 e. The molecule has 0 heterocycles. The lowest BCUT2D eigenvalue weighted by Gasteiger charge is -2.04. The maximum atomic E-state index is 5.58. The quantitative estimate of drug-likeness (QED) is 0.513. The molecule has 0 aromatic heterocycles. The minimum Gasteiger partial charge on any atom is -0.386 e. The lowest BCUT2D eigenvalue weighted by Crippen LogP contribution is -2.12. The average Bonchev–Trinajstić information content (AvgIpc) is 2.18. The van der Waals surface area contributed by atoms with E-state index in [9.17, 15) is 0 Å². The van der Waals surface area contributed by atoms with E-state index in [4.69, 9.17) is 17.3 Å². The number of hydrogen-bond acceptors (Lipinski definition) is 1. The summed E-state index contributed by atoms with van der Waals surface area (Å²) >= 11 is 8.96. The van der Waals surface area contributed by atoms with E-state index in [2.05, 4.69) is 27.8 Å². The Labute approximate surface area is 97.3 Å². The van der Waals surface area contributed by atoms with Crippen molar-refractivity contribution in [3.63, 3.8) is 0 Å². The van der Waals surface area contributed by atoms with Crippen molar-refractivity contribution in [1.82, 2.24) is 0 Å². The molecule has 0 aliphatic heterocycles. The van der Waals surface area contributed by atoms with Crippen molar-refractivity contribution in [1.29, 1.82) is 0 Å². The van der Waals surface area contributed by atoms with Crippen molar-refractivity contribution >= 4 is 39.1 Å². The van der Waals surface area contributed by atoms with Crippen molar-refractivity contribution < 1.29 is 0 Å². The van der Waals surface area contributed by atoms with Gasteiger partial charge in [-0.05, 0) is 24.1 Å². The zero-order valence-electron chi connectivity index (χ0n) is 7.93. The van der Waals surface area contributed by atoms with Gasteiger partial charge < -0.3 is 5.73 Å². The number of benzene rings is 1. The van der Waals surface area contributed by atoms with Gasteiger partial charge in [-0.1, -0.05) is 28.9 Å². The Kier molecular flexibility index (Phi) is 4.42. The molecule has 0 unspecified atom stereocenters. The molecule has 0 saturated carbocycles. The third kappa shape index (κ3) is 3.00. The summed E-state index contributed by atoms with van der Waals surface area (Å²) in [5.41, 5.74) is 7.64. The third-order valence-electron chi connectivity index (χ3n) is 1.83. The van der Waals surface area contributed by atoms with Crippen molar-refractivity contribution in [3.05, 3.63) is 28.2 Å². The molecule has 0 saturated heterocycles. The van der Waals surface area contributed by atoms with Gasteiger partial charge >= 0.3 is 0 Å². The monoisotopic (exact) mass is 274 g/mol. The zero-order valence-corrected chi connectivity index (χ0v) is 10.3. The first-order chi connectivity index (χ1) is 6.67. The Morgan fingerprint density at radius 3 is 2.86 bits per heavy atom. The van der Waals surface area contributed by atoms with Crippen LogP contribution in [0.1, 0.15) is 12.5 Å². The predicted octanol–water partition coefficient (Wildman–Crippen LogP) is 3.24. The van der Waals surface area contributed by atoms with E-state index in [1.54, 1.807) is 0 Å². The van der Waals surface area contributed by atoms with Crippen LogP contribution in [-0.2, 0) is 6.42 Å². The van der Waals surface area contributed by atoms with Gasteiger partial charge in [0.2, 0.25) is 0 Å². The van der Waals surface area contributed by atoms with Gasteiger partial charge in [0.1, 0.15) is 5.84 Å². The van der Waals surface area contributed by atoms with Crippen LogP contribution in [0, 0.1) is 0 Å². The van der Waals surface area contributed by atoms with E-state index in [1.165, 1.54) is 5.56 Å². The van der Waals surface area contributed by atoms with Crippen LogP contribution in [0.2, 0.25) is 0 Å². The molecule has 14 heavy (non-hydrogen) atoms. The summed E-state index contributed by atoms with van der Waals surface area (Å²) in [4.78, 5) is 4.24. The number of halogens is 2. The number of aryl methyl sites for hydroxylation is 1. The highest BCUT2D eigenvalue weighted by atomic mass is 79.9. The van der Waals surface area contributed by atoms with Crippen LogP contribution in [0.15, 0.2) is 27.7 Å². The molecule has 76 valence electrons. The number of alkyl halides is 1. The number of hydrogen-bond donors (Lipinski definition) is 1. The van der Waals surface area contributed by atoms with Gasteiger partial charge in [0.05, 0.1) is 11.6 Å². The summed E-state index contributed by atoms with van der Waals surface area (Å²) in [6.45, 7) is 2.08. The van der Waals surface area contributed by atoms with E-state index in [1.807, 2.05) is 18.2 Å². The van der Waals surface area contributed by atoms with Crippen LogP contribution in [-0.4, -0.2) is 11.7 Å². The lowest BCUT2D eigenvalue weighted by atomic mass is 10.1. The van der Waals surface area contributed by atoms with Gasteiger partial charge in [-0.3, -0.25) is 0 Å². The first-order valence-electron chi connectivity index (χ1n) is 4.34. The summed E-state index contributed by atoms with van der Waals surface area (Å²) in [6, 6.07) is 5.97. The highest BCUT2D eigenvalue weighted by molar-refractivity contribution is 9.10. The van der Waals surface area contributed by atoms with Crippen molar-refractivity contribution in [2.45, 2.75) is 13.3 Å². The molecular weight excluding hydrogens is 263 g/mol. The minimum atomic E-state index is 0.260. The Morgan fingerprint density at radius 1 is 1.57 bits per heavy atom.